The van der Waals surface area contributed by atoms with Gasteiger partial charge in [0.2, 0.25) is 5.89 Å². The second kappa shape index (κ2) is 2.71. The first-order valence-electron chi connectivity index (χ1n) is 4.78. The fourth-order valence-corrected chi connectivity index (χ4v) is 2.75. The average molecular weight is 199 g/mol. The second-order valence-corrected chi connectivity index (χ2v) is 4.23. The summed E-state index contributed by atoms with van der Waals surface area (Å²) in [6.07, 6.45) is 4.06. The van der Waals surface area contributed by atoms with Crippen molar-refractivity contribution in [3.05, 3.63) is 11.7 Å². The van der Waals surface area contributed by atoms with Crippen molar-refractivity contribution < 1.29 is 4.52 Å². The van der Waals surface area contributed by atoms with Gasteiger partial charge in [-0.1, -0.05) is 11.6 Å². The van der Waals surface area contributed by atoms with E-state index in [4.69, 9.17) is 16.1 Å². The molecule has 2 aliphatic carbocycles. The van der Waals surface area contributed by atoms with Crippen LogP contribution in [-0.4, -0.2) is 10.1 Å². The van der Waals surface area contributed by atoms with Gasteiger partial charge in [0, 0.05) is 5.92 Å². The van der Waals surface area contributed by atoms with E-state index in [1.807, 2.05) is 0 Å². The van der Waals surface area contributed by atoms with Crippen LogP contribution in [0.2, 0.25) is 0 Å². The van der Waals surface area contributed by atoms with Gasteiger partial charge in [-0.3, -0.25) is 0 Å². The minimum absolute atomic E-state index is 0.353. The molecule has 2 atom stereocenters. The van der Waals surface area contributed by atoms with Gasteiger partial charge in [-0.05, 0) is 24.7 Å². The van der Waals surface area contributed by atoms with E-state index in [9.17, 15) is 0 Å². The lowest BCUT2D eigenvalue weighted by molar-refractivity contribution is 0.364. The van der Waals surface area contributed by atoms with Crippen LogP contribution in [0.1, 0.15) is 36.9 Å². The first-order valence-corrected chi connectivity index (χ1v) is 5.32. The molecule has 0 aliphatic heterocycles. The highest BCUT2D eigenvalue weighted by molar-refractivity contribution is 6.16. The van der Waals surface area contributed by atoms with Crippen LogP contribution in [0.25, 0.3) is 0 Å². The van der Waals surface area contributed by atoms with Crippen LogP contribution < -0.4 is 0 Å². The van der Waals surface area contributed by atoms with Gasteiger partial charge in [0.15, 0.2) is 5.82 Å². The number of fused-ring (bicyclic) bond motifs is 1. The lowest BCUT2D eigenvalue weighted by atomic mass is 10.1. The molecule has 1 aromatic heterocycles. The Morgan fingerprint density at radius 1 is 1.38 bits per heavy atom. The van der Waals surface area contributed by atoms with E-state index in [0.29, 0.717) is 17.6 Å². The maximum absolute atomic E-state index is 5.60. The van der Waals surface area contributed by atoms with E-state index in [2.05, 4.69) is 10.1 Å². The number of aromatic nitrogens is 2. The summed E-state index contributed by atoms with van der Waals surface area (Å²) in [5, 5.41) is 3.81. The molecule has 0 radical (unpaired) electrons. The quantitative estimate of drug-likeness (QED) is 0.685. The topological polar surface area (TPSA) is 38.9 Å². The predicted molar refractivity (Wildman–Crippen MR) is 47.4 cm³/mol. The standard InChI is InChI=1S/C9H11ClN2O/c10-4-7-11-9(13-12-7)8-5-2-1-3-6(5)8/h5-6,8H,1-4H2. The SMILES string of the molecule is ClCc1noc(C2C3CCCC32)n1. The minimum Gasteiger partial charge on any atom is -0.339 e. The molecule has 70 valence electrons. The summed E-state index contributed by atoms with van der Waals surface area (Å²) >= 11 is 5.60. The summed E-state index contributed by atoms with van der Waals surface area (Å²) < 4.78 is 5.17. The van der Waals surface area contributed by atoms with E-state index in [1.165, 1.54) is 19.3 Å². The molecule has 2 aliphatic rings. The second-order valence-electron chi connectivity index (χ2n) is 3.97. The van der Waals surface area contributed by atoms with Gasteiger partial charge in [-0.25, -0.2) is 0 Å². The zero-order valence-corrected chi connectivity index (χ0v) is 8.00. The van der Waals surface area contributed by atoms with Crippen molar-refractivity contribution in [2.24, 2.45) is 11.8 Å². The average Bonchev–Trinajstić information content (AvgIpc) is 2.65. The summed E-state index contributed by atoms with van der Waals surface area (Å²) in [5.41, 5.74) is 0. The summed E-state index contributed by atoms with van der Waals surface area (Å²) in [6, 6.07) is 0. The molecule has 1 aromatic rings. The molecule has 3 rings (SSSR count). The van der Waals surface area contributed by atoms with Gasteiger partial charge in [0.05, 0.1) is 5.88 Å². The highest BCUT2D eigenvalue weighted by Crippen LogP contribution is 2.62. The van der Waals surface area contributed by atoms with Crippen molar-refractivity contribution in [3.63, 3.8) is 0 Å². The Morgan fingerprint density at radius 2 is 2.15 bits per heavy atom. The van der Waals surface area contributed by atoms with E-state index < -0.39 is 0 Å². The van der Waals surface area contributed by atoms with Crippen LogP contribution in [0.4, 0.5) is 0 Å². The van der Waals surface area contributed by atoms with Gasteiger partial charge in [0.1, 0.15) is 0 Å². The number of hydrogen-bond donors (Lipinski definition) is 0. The van der Waals surface area contributed by atoms with Crippen LogP contribution in [-0.2, 0) is 5.88 Å². The van der Waals surface area contributed by atoms with Gasteiger partial charge in [-0.2, -0.15) is 4.98 Å². The zero-order chi connectivity index (χ0) is 8.84. The monoisotopic (exact) mass is 198 g/mol. The largest absolute Gasteiger partial charge is 0.339 e. The molecule has 0 spiro atoms. The maximum Gasteiger partial charge on any atom is 0.230 e. The van der Waals surface area contributed by atoms with E-state index in [0.717, 1.165) is 17.7 Å². The molecule has 0 aromatic carbocycles. The summed E-state index contributed by atoms with van der Waals surface area (Å²) in [5.74, 6) is 4.04. The van der Waals surface area contributed by atoms with E-state index in [1.54, 1.807) is 0 Å². The van der Waals surface area contributed by atoms with Crippen LogP contribution >= 0.6 is 11.6 Å². The number of hydrogen-bond acceptors (Lipinski definition) is 3. The van der Waals surface area contributed by atoms with Crippen LogP contribution in [0.15, 0.2) is 4.52 Å². The summed E-state index contributed by atoms with van der Waals surface area (Å²) in [7, 11) is 0. The number of nitrogens with zero attached hydrogens (tertiary/aromatic N) is 2. The third-order valence-corrected chi connectivity index (χ3v) is 3.53. The molecular formula is C9H11ClN2O. The van der Waals surface area contributed by atoms with E-state index >= 15 is 0 Å². The third kappa shape index (κ3) is 1.10. The Kier molecular flexibility index (Phi) is 1.62. The molecule has 1 heterocycles. The first kappa shape index (κ1) is 7.80. The Bertz CT molecular complexity index is 315. The van der Waals surface area contributed by atoms with Crippen molar-refractivity contribution in [1.82, 2.24) is 10.1 Å². The summed E-state index contributed by atoms with van der Waals surface area (Å²) in [4.78, 5) is 4.26. The minimum atomic E-state index is 0.353. The molecule has 13 heavy (non-hydrogen) atoms. The third-order valence-electron chi connectivity index (χ3n) is 3.29. The number of alkyl halides is 1. The van der Waals surface area contributed by atoms with Gasteiger partial charge < -0.3 is 4.52 Å². The van der Waals surface area contributed by atoms with Gasteiger partial charge in [0.25, 0.3) is 0 Å². The molecule has 3 nitrogen and oxygen atoms in total. The summed E-state index contributed by atoms with van der Waals surface area (Å²) in [6.45, 7) is 0. The van der Waals surface area contributed by atoms with Crippen molar-refractivity contribution in [2.45, 2.75) is 31.1 Å². The molecule has 0 N–H and O–H groups in total. The molecule has 2 saturated carbocycles. The Morgan fingerprint density at radius 3 is 2.77 bits per heavy atom. The first-order chi connectivity index (χ1) is 6.40. The molecule has 0 amide bonds. The fraction of sp³-hybridized carbons (Fsp3) is 0.778. The molecule has 0 saturated heterocycles. The smallest absolute Gasteiger partial charge is 0.230 e. The van der Waals surface area contributed by atoms with Crippen LogP contribution in [0, 0.1) is 11.8 Å². The van der Waals surface area contributed by atoms with Crippen LogP contribution in [0.3, 0.4) is 0 Å². The van der Waals surface area contributed by atoms with Gasteiger partial charge in [-0.15, -0.1) is 11.6 Å². The van der Waals surface area contributed by atoms with Crippen molar-refractivity contribution in [3.8, 4) is 0 Å². The lowest BCUT2D eigenvalue weighted by Gasteiger charge is -1.94. The van der Waals surface area contributed by atoms with Crippen molar-refractivity contribution in [2.75, 3.05) is 0 Å². The van der Waals surface area contributed by atoms with Crippen molar-refractivity contribution >= 4 is 11.6 Å². The normalized spacial score (nSPS) is 36.2. The highest BCUT2D eigenvalue weighted by Gasteiger charge is 2.56. The lowest BCUT2D eigenvalue weighted by Crippen LogP contribution is -1.88. The number of rotatable bonds is 2. The molecule has 2 unspecified atom stereocenters. The Labute approximate surface area is 81.5 Å². The molecule has 4 heteroatoms. The zero-order valence-electron chi connectivity index (χ0n) is 7.24. The highest BCUT2D eigenvalue weighted by atomic mass is 35.5. The fourth-order valence-electron chi connectivity index (χ4n) is 2.64. The maximum atomic E-state index is 5.60. The van der Waals surface area contributed by atoms with Gasteiger partial charge >= 0.3 is 0 Å². The molecular weight excluding hydrogens is 188 g/mol. The predicted octanol–water partition coefficient (Wildman–Crippen LogP) is 2.32. The molecule has 2 fully saturated rings. The van der Waals surface area contributed by atoms with Crippen molar-refractivity contribution in [1.29, 1.82) is 0 Å². The Balaban J connectivity index is 1.79. The Hall–Kier alpha value is -0.570. The molecule has 0 bridgehead atoms. The van der Waals surface area contributed by atoms with E-state index in [-0.39, 0.29) is 0 Å². The van der Waals surface area contributed by atoms with Crippen LogP contribution in [0.5, 0.6) is 0 Å². The number of halogens is 1.